The Morgan fingerprint density at radius 1 is 1.36 bits per heavy atom. The Balaban J connectivity index is 2.49. The molecule has 0 unspecified atom stereocenters. The average Bonchev–Trinajstić information content (AvgIpc) is 2.67. The van der Waals surface area contributed by atoms with E-state index in [2.05, 4.69) is 5.16 Å². The van der Waals surface area contributed by atoms with Gasteiger partial charge in [0.25, 0.3) is 0 Å². The fourth-order valence-electron chi connectivity index (χ4n) is 1.14. The maximum absolute atomic E-state index is 10.4. The van der Waals surface area contributed by atoms with E-state index in [-0.39, 0.29) is 5.76 Å². The van der Waals surface area contributed by atoms with Crippen molar-refractivity contribution in [3.05, 3.63) is 41.1 Å². The van der Waals surface area contributed by atoms with Crippen molar-refractivity contribution in [2.75, 3.05) is 0 Å². The molecule has 2 rings (SSSR count). The third kappa shape index (κ3) is 1.54. The predicted octanol–water partition coefficient (Wildman–Crippen LogP) is 2.81. The van der Waals surface area contributed by atoms with E-state index in [1.165, 1.54) is 0 Å². The number of aromatic nitrogens is 1. The second kappa shape index (κ2) is 3.64. The Kier molecular flexibility index (Phi) is 2.33. The lowest BCUT2D eigenvalue weighted by molar-refractivity contribution is 0.109. The van der Waals surface area contributed by atoms with Crippen molar-refractivity contribution in [3.8, 4) is 11.3 Å². The highest BCUT2D eigenvalue weighted by molar-refractivity contribution is 6.33. The van der Waals surface area contributed by atoms with Gasteiger partial charge in [-0.2, -0.15) is 0 Å². The summed E-state index contributed by atoms with van der Waals surface area (Å²) in [6.07, 6.45) is 0.605. The van der Waals surface area contributed by atoms with Crippen molar-refractivity contribution in [1.29, 1.82) is 0 Å². The number of hydrogen-bond acceptors (Lipinski definition) is 3. The molecule has 0 spiro atoms. The number of carbonyl (C=O) groups is 1. The number of aldehydes is 1. The lowest BCUT2D eigenvalue weighted by Gasteiger charge is -1.96. The molecule has 2 aromatic rings. The maximum atomic E-state index is 10.4. The van der Waals surface area contributed by atoms with Gasteiger partial charge in [0.1, 0.15) is 5.69 Å². The molecule has 70 valence electrons. The van der Waals surface area contributed by atoms with Gasteiger partial charge in [-0.1, -0.05) is 35.0 Å². The highest BCUT2D eigenvalue weighted by atomic mass is 35.5. The van der Waals surface area contributed by atoms with Gasteiger partial charge in [-0.15, -0.1) is 0 Å². The van der Waals surface area contributed by atoms with E-state index in [1.54, 1.807) is 12.1 Å². The van der Waals surface area contributed by atoms with E-state index >= 15 is 0 Å². The Bertz CT molecular complexity index is 465. The molecule has 0 saturated carbocycles. The Morgan fingerprint density at radius 3 is 2.79 bits per heavy atom. The van der Waals surface area contributed by atoms with Crippen molar-refractivity contribution >= 4 is 17.9 Å². The topological polar surface area (TPSA) is 43.1 Å². The standard InChI is InChI=1S/C10H6ClNO2/c11-9-4-2-1-3-8(9)10-5-7(6-13)14-12-10/h1-6H. The summed E-state index contributed by atoms with van der Waals surface area (Å²) in [5, 5.41) is 4.31. The van der Waals surface area contributed by atoms with Crippen LogP contribution < -0.4 is 0 Å². The number of benzene rings is 1. The van der Waals surface area contributed by atoms with Gasteiger partial charge in [0.15, 0.2) is 12.0 Å². The molecule has 4 heteroatoms. The van der Waals surface area contributed by atoms with Gasteiger partial charge in [-0.3, -0.25) is 4.79 Å². The molecule has 0 aliphatic rings. The van der Waals surface area contributed by atoms with Crippen LogP contribution in [-0.4, -0.2) is 11.4 Å². The summed E-state index contributed by atoms with van der Waals surface area (Å²) in [6.45, 7) is 0. The van der Waals surface area contributed by atoms with Gasteiger partial charge in [0.05, 0.1) is 5.02 Å². The number of halogens is 1. The third-order valence-corrected chi connectivity index (χ3v) is 2.12. The zero-order chi connectivity index (χ0) is 9.97. The largest absolute Gasteiger partial charge is 0.353 e. The third-order valence-electron chi connectivity index (χ3n) is 1.79. The van der Waals surface area contributed by atoms with Crippen LogP contribution in [0.3, 0.4) is 0 Å². The number of nitrogens with zero attached hydrogens (tertiary/aromatic N) is 1. The molecule has 0 saturated heterocycles. The van der Waals surface area contributed by atoms with Crippen LogP contribution in [0.5, 0.6) is 0 Å². The summed E-state index contributed by atoms with van der Waals surface area (Å²) >= 11 is 5.94. The molecule has 0 aliphatic heterocycles. The first-order valence-electron chi connectivity index (χ1n) is 3.98. The van der Waals surface area contributed by atoms with Gasteiger partial charge in [-0.05, 0) is 6.07 Å². The summed E-state index contributed by atoms with van der Waals surface area (Å²) < 4.78 is 4.75. The van der Waals surface area contributed by atoms with E-state index in [0.717, 1.165) is 5.56 Å². The molecule has 0 amide bonds. The summed E-state index contributed by atoms with van der Waals surface area (Å²) in [5.41, 5.74) is 1.32. The minimum atomic E-state index is 0.194. The summed E-state index contributed by atoms with van der Waals surface area (Å²) in [4.78, 5) is 10.4. The number of rotatable bonds is 2. The molecule has 3 nitrogen and oxygen atoms in total. The Morgan fingerprint density at radius 2 is 2.14 bits per heavy atom. The summed E-state index contributed by atoms with van der Waals surface area (Å²) in [7, 11) is 0. The van der Waals surface area contributed by atoms with Crippen LogP contribution in [-0.2, 0) is 0 Å². The van der Waals surface area contributed by atoms with Crippen LogP contribution in [0.25, 0.3) is 11.3 Å². The van der Waals surface area contributed by atoms with Gasteiger partial charge in [0.2, 0.25) is 0 Å². The van der Waals surface area contributed by atoms with Crippen LogP contribution in [0.2, 0.25) is 5.02 Å². The number of hydrogen-bond donors (Lipinski definition) is 0. The van der Waals surface area contributed by atoms with Crippen LogP contribution in [0.4, 0.5) is 0 Å². The molecule has 0 fully saturated rings. The lowest BCUT2D eigenvalue weighted by atomic mass is 10.1. The van der Waals surface area contributed by atoms with E-state index in [1.807, 2.05) is 18.2 Å². The smallest absolute Gasteiger partial charge is 0.199 e. The molecule has 0 atom stereocenters. The Hall–Kier alpha value is -1.61. The van der Waals surface area contributed by atoms with Gasteiger partial charge < -0.3 is 4.52 Å². The van der Waals surface area contributed by atoms with Crippen LogP contribution in [0.15, 0.2) is 34.9 Å². The van der Waals surface area contributed by atoms with Crippen molar-refractivity contribution < 1.29 is 9.32 Å². The van der Waals surface area contributed by atoms with Crippen molar-refractivity contribution in [1.82, 2.24) is 5.16 Å². The molecule has 0 radical (unpaired) electrons. The zero-order valence-electron chi connectivity index (χ0n) is 7.11. The van der Waals surface area contributed by atoms with E-state index < -0.39 is 0 Å². The maximum Gasteiger partial charge on any atom is 0.199 e. The average molecular weight is 208 g/mol. The van der Waals surface area contributed by atoms with Gasteiger partial charge in [0, 0.05) is 11.6 Å². The molecule has 1 heterocycles. The second-order valence-corrected chi connectivity index (χ2v) is 3.12. The monoisotopic (exact) mass is 207 g/mol. The van der Waals surface area contributed by atoms with Crippen LogP contribution >= 0.6 is 11.6 Å². The number of carbonyl (C=O) groups excluding carboxylic acids is 1. The molecular weight excluding hydrogens is 202 g/mol. The minimum absolute atomic E-state index is 0.194. The normalized spacial score (nSPS) is 10.1. The fraction of sp³-hybridized carbons (Fsp3) is 0. The highest BCUT2D eigenvalue weighted by Crippen LogP contribution is 2.26. The lowest BCUT2D eigenvalue weighted by Crippen LogP contribution is -1.77. The molecule has 1 aromatic heterocycles. The summed E-state index contributed by atoms with van der Waals surface area (Å²) in [5.74, 6) is 0.194. The first-order valence-corrected chi connectivity index (χ1v) is 4.36. The predicted molar refractivity (Wildman–Crippen MR) is 52.3 cm³/mol. The quantitative estimate of drug-likeness (QED) is 0.712. The molecule has 0 bridgehead atoms. The Labute approximate surface area is 85.3 Å². The molecule has 0 aliphatic carbocycles. The highest BCUT2D eigenvalue weighted by Gasteiger charge is 2.08. The van der Waals surface area contributed by atoms with Crippen molar-refractivity contribution in [2.45, 2.75) is 0 Å². The first kappa shape index (κ1) is 8.97. The van der Waals surface area contributed by atoms with Crippen LogP contribution in [0.1, 0.15) is 10.6 Å². The van der Waals surface area contributed by atoms with Gasteiger partial charge in [-0.25, -0.2) is 0 Å². The molecule has 1 aromatic carbocycles. The second-order valence-electron chi connectivity index (χ2n) is 2.71. The van der Waals surface area contributed by atoms with Crippen molar-refractivity contribution in [2.24, 2.45) is 0 Å². The van der Waals surface area contributed by atoms with E-state index in [9.17, 15) is 4.79 Å². The van der Waals surface area contributed by atoms with E-state index in [4.69, 9.17) is 16.1 Å². The SMILES string of the molecule is O=Cc1cc(-c2ccccc2Cl)no1. The molecular formula is C10H6ClNO2. The molecule has 14 heavy (non-hydrogen) atoms. The minimum Gasteiger partial charge on any atom is -0.353 e. The van der Waals surface area contributed by atoms with Crippen molar-refractivity contribution in [3.63, 3.8) is 0 Å². The van der Waals surface area contributed by atoms with E-state index in [0.29, 0.717) is 17.0 Å². The van der Waals surface area contributed by atoms with Gasteiger partial charge >= 0.3 is 0 Å². The zero-order valence-corrected chi connectivity index (χ0v) is 7.86. The molecule has 0 N–H and O–H groups in total. The fourth-order valence-corrected chi connectivity index (χ4v) is 1.37. The summed E-state index contributed by atoms with van der Waals surface area (Å²) in [6, 6.07) is 8.79. The first-order chi connectivity index (χ1) is 6.81. The van der Waals surface area contributed by atoms with Crippen LogP contribution in [0, 0.1) is 0 Å².